The van der Waals surface area contributed by atoms with Crippen LogP contribution in [-0.4, -0.2) is 0 Å². The molecular formula is C54H48N2. The highest BCUT2D eigenvalue weighted by atomic mass is 15.1. The second-order valence-electron chi connectivity index (χ2n) is 16.8. The van der Waals surface area contributed by atoms with Gasteiger partial charge in [0.2, 0.25) is 0 Å². The zero-order chi connectivity index (χ0) is 38.0. The molecule has 0 amide bonds. The van der Waals surface area contributed by atoms with Crippen LogP contribution in [0, 0.1) is 0 Å². The molecule has 0 N–H and O–H groups in total. The summed E-state index contributed by atoms with van der Waals surface area (Å²) in [5, 5.41) is 0. The van der Waals surface area contributed by atoms with Crippen molar-refractivity contribution < 1.29 is 0 Å². The Morgan fingerprint density at radius 1 is 0.357 bits per heavy atom. The number of nitrogens with zero attached hydrogens (tertiary/aromatic N) is 2. The highest BCUT2D eigenvalue weighted by Gasteiger charge is 2.40. The van der Waals surface area contributed by atoms with Crippen LogP contribution in [0.4, 0.5) is 34.1 Å². The molecule has 10 rings (SSSR count). The van der Waals surface area contributed by atoms with Crippen molar-refractivity contribution in [2.75, 3.05) is 9.80 Å². The number of hydrogen-bond acceptors (Lipinski definition) is 2. The Bertz CT molecular complexity index is 2410. The van der Waals surface area contributed by atoms with E-state index < -0.39 is 0 Å². The van der Waals surface area contributed by atoms with E-state index >= 15 is 0 Å². The molecule has 6 aromatic rings. The minimum Gasteiger partial charge on any atom is -0.310 e. The van der Waals surface area contributed by atoms with Crippen molar-refractivity contribution in [3.63, 3.8) is 0 Å². The van der Waals surface area contributed by atoms with Gasteiger partial charge in [-0.15, -0.1) is 0 Å². The minimum atomic E-state index is -0.0165. The van der Waals surface area contributed by atoms with Gasteiger partial charge in [-0.1, -0.05) is 125 Å². The van der Waals surface area contributed by atoms with Crippen LogP contribution in [0.1, 0.15) is 75.6 Å². The van der Waals surface area contributed by atoms with Crippen LogP contribution in [-0.2, 0) is 10.8 Å². The Balaban J connectivity index is 0.982. The number of para-hydroxylation sites is 2. The Morgan fingerprint density at radius 2 is 0.696 bits per heavy atom. The van der Waals surface area contributed by atoms with Crippen LogP contribution in [0.2, 0.25) is 0 Å². The molecule has 2 heteroatoms. The zero-order valence-electron chi connectivity index (χ0n) is 32.9. The molecule has 0 radical (unpaired) electrons. The first-order valence-electron chi connectivity index (χ1n) is 20.3. The van der Waals surface area contributed by atoms with Gasteiger partial charge in [0, 0.05) is 45.0 Å². The Morgan fingerprint density at radius 3 is 1.09 bits per heavy atom. The predicted molar refractivity (Wildman–Crippen MR) is 238 cm³/mol. The van der Waals surface area contributed by atoms with E-state index in [-0.39, 0.29) is 10.8 Å². The predicted octanol–water partition coefficient (Wildman–Crippen LogP) is 15.1. The summed E-state index contributed by atoms with van der Waals surface area (Å²) in [5.74, 6) is 0. The van der Waals surface area contributed by atoms with E-state index in [1.807, 2.05) is 0 Å². The van der Waals surface area contributed by atoms with Gasteiger partial charge in [0.25, 0.3) is 0 Å². The van der Waals surface area contributed by atoms with Gasteiger partial charge in [-0.25, -0.2) is 0 Å². The second kappa shape index (κ2) is 13.3. The average Bonchev–Trinajstić information content (AvgIpc) is 3.61. The van der Waals surface area contributed by atoms with Gasteiger partial charge >= 0.3 is 0 Å². The summed E-state index contributed by atoms with van der Waals surface area (Å²) < 4.78 is 0. The topological polar surface area (TPSA) is 6.48 Å². The zero-order valence-corrected chi connectivity index (χ0v) is 32.9. The van der Waals surface area contributed by atoms with Crippen molar-refractivity contribution in [3.8, 4) is 11.1 Å². The number of allylic oxidation sites excluding steroid dienone is 8. The molecule has 0 aromatic heterocycles. The van der Waals surface area contributed by atoms with E-state index in [1.54, 1.807) is 0 Å². The van der Waals surface area contributed by atoms with Crippen molar-refractivity contribution >= 4 is 45.3 Å². The smallest absolute Gasteiger partial charge is 0.0465 e. The molecule has 4 aliphatic carbocycles. The van der Waals surface area contributed by atoms with E-state index in [4.69, 9.17) is 0 Å². The molecule has 0 heterocycles. The second-order valence-corrected chi connectivity index (χ2v) is 16.8. The van der Waals surface area contributed by atoms with E-state index in [9.17, 15) is 0 Å². The van der Waals surface area contributed by atoms with Gasteiger partial charge in [0.05, 0.1) is 0 Å². The lowest BCUT2D eigenvalue weighted by Gasteiger charge is -2.28. The normalized spacial score (nSPS) is 17.0. The minimum absolute atomic E-state index is 0.0165. The van der Waals surface area contributed by atoms with Crippen molar-refractivity contribution in [2.24, 2.45) is 0 Å². The van der Waals surface area contributed by atoms with E-state index in [1.165, 1.54) is 67.0 Å². The monoisotopic (exact) mass is 724 g/mol. The molecule has 0 atom stereocenters. The standard InChI is InChI=1S/C54H48N2/c1-53(2)49-21-13-11-19-45(49)47-33-31-43(35-51(47)53)55(39-15-7-5-8-16-39)41-27-23-37(24-28-41)38-25-29-42(30-26-38)56(40-17-9-6-10-18-40)44-32-34-48-46-20-12-14-22-50(46)54(3,4)52(48)36-44/h5-10,15-36H,11-14H2,1-4H3. The highest BCUT2D eigenvalue weighted by molar-refractivity contribution is 5.93. The quantitative estimate of drug-likeness (QED) is 0.162. The third-order valence-electron chi connectivity index (χ3n) is 12.7. The molecule has 0 aliphatic heterocycles. The summed E-state index contributed by atoms with van der Waals surface area (Å²) in [6.45, 7) is 9.53. The lowest BCUT2D eigenvalue weighted by atomic mass is 9.80. The largest absolute Gasteiger partial charge is 0.310 e. The Labute approximate surface area is 332 Å². The van der Waals surface area contributed by atoms with E-state index in [2.05, 4.69) is 207 Å². The first-order chi connectivity index (χ1) is 27.3. The molecule has 6 aromatic carbocycles. The van der Waals surface area contributed by atoms with Gasteiger partial charge in [0.1, 0.15) is 0 Å². The third-order valence-corrected chi connectivity index (χ3v) is 12.7. The first-order valence-corrected chi connectivity index (χ1v) is 20.3. The summed E-state index contributed by atoms with van der Waals surface area (Å²) in [5.41, 5.74) is 20.7. The van der Waals surface area contributed by atoms with Gasteiger partial charge in [-0.2, -0.15) is 0 Å². The van der Waals surface area contributed by atoms with Crippen LogP contribution >= 0.6 is 0 Å². The third kappa shape index (κ3) is 5.54. The summed E-state index contributed by atoms with van der Waals surface area (Å²) in [6, 6.07) is 53.8. The summed E-state index contributed by atoms with van der Waals surface area (Å²) in [4.78, 5) is 4.79. The summed E-state index contributed by atoms with van der Waals surface area (Å²) in [7, 11) is 0. The molecule has 274 valence electrons. The molecule has 2 nitrogen and oxygen atoms in total. The van der Waals surface area contributed by atoms with Crippen LogP contribution in [0.25, 0.3) is 22.3 Å². The lowest BCUT2D eigenvalue weighted by molar-refractivity contribution is 0.654. The van der Waals surface area contributed by atoms with Crippen LogP contribution < -0.4 is 9.80 Å². The number of hydrogen-bond donors (Lipinski definition) is 0. The molecular weight excluding hydrogens is 677 g/mol. The molecule has 0 bridgehead atoms. The summed E-state index contributed by atoms with van der Waals surface area (Å²) >= 11 is 0. The molecule has 0 fully saturated rings. The molecule has 4 aliphatic rings. The SMILES string of the molecule is CC1(C)C2=CCCC=C2c2ccc(N(c3ccccc3)c3ccc(-c4ccc(N(c5ccccc5)c5ccc6c(c5)C(C)(C)C5=CCCC=C56)cc4)cc3)cc21. The first kappa shape index (κ1) is 34.4. The fourth-order valence-electron chi connectivity index (χ4n) is 9.84. The van der Waals surface area contributed by atoms with Gasteiger partial charge in [0.15, 0.2) is 0 Å². The van der Waals surface area contributed by atoms with Gasteiger partial charge < -0.3 is 9.80 Å². The van der Waals surface area contributed by atoms with Crippen molar-refractivity contribution in [1.82, 2.24) is 0 Å². The fourth-order valence-corrected chi connectivity index (χ4v) is 9.84. The Hall–Kier alpha value is -6.12. The van der Waals surface area contributed by atoms with Crippen LogP contribution in [0.5, 0.6) is 0 Å². The Kier molecular flexibility index (Phi) is 8.15. The highest BCUT2D eigenvalue weighted by Crippen LogP contribution is 2.54. The molecule has 0 saturated heterocycles. The van der Waals surface area contributed by atoms with Gasteiger partial charge in [-0.05, 0) is 154 Å². The molecule has 0 spiro atoms. The maximum atomic E-state index is 2.46. The maximum Gasteiger partial charge on any atom is 0.0465 e. The average molecular weight is 725 g/mol. The maximum absolute atomic E-state index is 2.46. The van der Waals surface area contributed by atoms with Crippen LogP contribution in [0.15, 0.2) is 181 Å². The molecule has 0 saturated carbocycles. The number of anilines is 6. The molecule has 0 unspecified atom stereocenters. The van der Waals surface area contributed by atoms with Crippen molar-refractivity contribution in [3.05, 3.63) is 203 Å². The van der Waals surface area contributed by atoms with Gasteiger partial charge in [-0.3, -0.25) is 0 Å². The summed E-state index contributed by atoms with van der Waals surface area (Å²) in [6.07, 6.45) is 14.3. The van der Waals surface area contributed by atoms with Crippen molar-refractivity contribution in [2.45, 2.75) is 64.2 Å². The number of rotatable bonds is 7. The van der Waals surface area contributed by atoms with Crippen molar-refractivity contribution in [1.29, 1.82) is 0 Å². The number of benzene rings is 6. The number of fused-ring (bicyclic) bond motifs is 6. The molecule has 56 heavy (non-hydrogen) atoms. The fraction of sp³-hybridized carbons (Fsp3) is 0.185. The van der Waals surface area contributed by atoms with Crippen LogP contribution in [0.3, 0.4) is 0 Å². The van der Waals surface area contributed by atoms with E-state index in [0.717, 1.165) is 48.4 Å². The lowest BCUT2D eigenvalue weighted by Crippen LogP contribution is -2.17. The van der Waals surface area contributed by atoms with E-state index in [0.29, 0.717) is 0 Å².